The van der Waals surface area contributed by atoms with Crippen molar-refractivity contribution in [3.63, 3.8) is 0 Å². The zero-order valence-electron chi connectivity index (χ0n) is 13.3. The molecule has 1 heterocycles. The monoisotopic (exact) mass is 326 g/mol. The van der Waals surface area contributed by atoms with Crippen molar-refractivity contribution in [2.75, 3.05) is 13.1 Å². The second kappa shape index (κ2) is 6.70. The fourth-order valence-corrected chi connectivity index (χ4v) is 2.71. The van der Waals surface area contributed by atoms with E-state index >= 15 is 0 Å². The van der Waals surface area contributed by atoms with Gasteiger partial charge < -0.3 is 10.1 Å². The maximum atomic E-state index is 12.1. The minimum atomic E-state index is -0.984. The molecule has 1 fully saturated rings. The number of carbonyl (C=O) groups excluding carboxylic acids is 3. The minimum Gasteiger partial charge on any atom is -0.452 e. The second-order valence-electron chi connectivity index (χ2n) is 5.71. The fraction of sp³-hybridized carbons (Fsp3) is 0.278. The van der Waals surface area contributed by atoms with Crippen molar-refractivity contribution in [1.82, 2.24) is 10.2 Å². The van der Waals surface area contributed by atoms with E-state index in [4.69, 9.17) is 4.74 Å². The highest BCUT2D eigenvalue weighted by molar-refractivity contribution is 5.98. The van der Waals surface area contributed by atoms with Crippen molar-refractivity contribution >= 4 is 28.7 Å². The molecule has 6 heteroatoms. The van der Waals surface area contributed by atoms with Crippen molar-refractivity contribution < 1.29 is 19.1 Å². The number of fused-ring (bicyclic) bond motifs is 1. The van der Waals surface area contributed by atoms with Crippen molar-refractivity contribution in [2.45, 2.75) is 19.4 Å². The van der Waals surface area contributed by atoms with E-state index in [1.54, 1.807) is 0 Å². The summed E-state index contributed by atoms with van der Waals surface area (Å²) >= 11 is 0. The van der Waals surface area contributed by atoms with E-state index in [0.29, 0.717) is 13.1 Å². The number of carbonyl (C=O) groups is 3. The fourth-order valence-electron chi connectivity index (χ4n) is 2.71. The van der Waals surface area contributed by atoms with Crippen molar-refractivity contribution in [1.29, 1.82) is 0 Å². The van der Waals surface area contributed by atoms with Gasteiger partial charge in [-0.2, -0.15) is 0 Å². The van der Waals surface area contributed by atoms with Crippen molar-refractivity contribution in [3.05, 3.63) is 48.0 Å². The second-order valence-corrected chi connectivity index (χ2v) is 5.71. The van der Waals surface area contributed by atoms with Crippen molar-refractivity contribution in [3.8, 4) is 0 Å². The zero-order valence-corrected chi connectivity index (χ0v) is 13.3. The van der Waals surface area contributed by atoms with Crippen LogP contribution in [0.15, 0.2) is 42.5 Å². The molecule has 1 N–H and O–H groups in total. The van der Waals surface area contributed by atoms with Gasteiger partial charge in [-0.15, -0.1) is 0 Å². The standard InChI is InChI=1S/C18H18N2O4/c1-12(17(22)20-9-8-19-18(20)23)24-16(21)11-13-6-7-14-4-2-3-5-15(14)10-13/h2-7,10,12H,8-9,11H2,1H3,(H,19,23)/t12-/m1/s1. The van der Waals surface area contributed by atoms with Crippen LogP contribution in [0.2, 0.25) is 0 Å². The Balaban J connectivity index is 1.61. The van der Waals surface area contributed by atoms with Crippen LogP contribution >= 0.6 is 0 Å². The number of ether oxygens (including phenoxy) is 1. The average Bonchev–Trinajstić information content (AvgIpc) is 2.99. The third kappa shape index (κ3) is 3.37. The maximum Gasteiger partial charge on any atom is 0.324 e. The van der Waals surface area contributed by atoms with Gasteiger partial charge in [0.1, 0.15) is 0 Å². The summed E-state index contributed by atoms with van der Waals surface area (Å²) in [7, 11) is 0. The number of amides is 3. The Morgan fingerprint density at radius 1 is 1.21 bits per heavy atom. The van der Waals surface area contributed by atoms with Gasteiger partial charge in [-0.3, -0.25) is 14.5 Å². The SMILES string of the molecule is C[C@@H](OC(=O)Cc1ccc2ccccc2c1)C(=O)N1CCNC1=O. The summed E-state index contributed by atoms with van der Waals surface area (Å²) in [6.45, 7) is 2.19. The summed E-state index contributed by atoms with van der Waals surface area (Å²) in [5, 5.41) is 4.68. The summed E-state index contributed by atoms with van der Waals surface area (Å²) < 4.78 is 5.18. The summed E-state index contributed by atoms with van der Waals surface area (Å²) in [5.74, 6) is -0.998. The van der Waals surface area contributed by atoms with E-state index in [9.17, 15) is 14.4 Å². The highest BCUT2D eigenvalue weighted by Gasteiger charge is 2.31. The molecule has 0 radical (unpaired) electrons. The molecule has 0 aliphatic carbocycles. The molecule has 2 aromatic rings. The molecule has 1 aliphatic rings. The molecule has 0 unspecified atom stereocenters. The Kier molecular flexibility index (Phi) is 4.46. The first-order valence-electron chi connectivity index (χ1n) is 7.81. The van der Waals surface area contributed by atoms with E-state index < -0.39 is 24.0 Å². The van der Waals surface area contributed by atoms with Gasteiger partial charge in [0.2, 0.25) is 0 Å². The molecule has 0 aromatic heterocycles. The van der Waals surface area contributed by atoms with Gasteiger partial charge in [-0.05, 0) is 23.3 Å². The Morgan fingerprint density at radius 2 is 1.96 bits per heavy atom. The van der Waals surface area contributed by atoms with Crippen LogP contribution in [0.3, 0.4) is 0 Å². The van der Waals surface area contributed by atoms with Gasteiger partial charge in [0.25, 0.3) is 5.91 Å². The van der Waals surface area contributed by atoms with Crippen molar-refractivity contribution in [2.24, 2.45) is 0 Å². The van der Waals surface area contributed by atoms with Crippen LogP contribution < -0.4 is 5.32 Å². The van der Waals surface area contributed by atoms with Crippen LogP contribution in [-0.4, -0.2) is 42.0 Å². The highest BCUT2D eigenvalue weighted by atomic mass is 16.5. The van der Waals surface area contributed by atoms with Crippen LogP contribution in [-0.2, 0) is 20.7 Å². The van der Waals surface area contributed by atoms with Gasteiger partial charge in [-0.25, -0.2) is 4.79 Å². The maximum absolute atomic E-state index is 12.1. The lowest BCUT2D eigenvalue weighted by Crippen LogP contribution is -2.42. The molecule has 1 aliphatic heterocycles. The first kappa shape index (κ1) is 16.0. The summed E-state index contributed by atoms with van der Waals surface area (Å²) in [5.41, 5.74) is 0.817. The first-order valence-corrected chi connectivity index (χ1v) is 7.81. The van der Waals surface area contributed by atoms with E-state index in [1.165, 1.54) is 6.92 Å². The van der Waals surface area contributed by atoms with E-state index in [1.807, 2.05) is 42.5 Å². The molecule has 1 saturated heterocycles. The molecule has 6 nitrogen and oxygen atoms in total. The zero-order chi connectivity index (χ0) is 17.1. The molecule has 0 bridgehead atoms. The summed E-state index contributed by atoms with van der Waals surface area (Å²) in [6.07, 6.45) is -0.906. The number of hydrogen-bond donors (Lipinski definition) is 1. The molecule has 0 saturated carbocycles. The third-order valence-corrected chi connectivity index (χ3v) is 3.94. The summed E-state index contributed by atoms with van der Waals surface area (Å²) in [4.78, 5) is 36.7. The largest absolute Gasteiger partial charge is 0.452 e. The molecular formula is C18H18N2O4. The number of benzene rings is 2. The number of imide groups is 1. The predicted molar refractivity (Wildman–Crippen MR) is 88.3 cm³/mol. The number of hydrogen-bond acceptors (Lipinski definition) is 4. The van der Waals surface area contributed by atoms with Crippen LogP contribution in [0.1, 0.15) is 12.5 Å². The topological polar surface area (TPSA) is 75.7 Å². The van der Waals surface area contributed by atoms with Gasteiger partial charge in [-0.1, -0.05) is 42.5 Å². The molecule has 124 valence electrons. The molecule has 0 spiro atoms. The molecule has 24 heavy (non-hydrogen) atoms. The molecule has 3 amide bonds. The molecule has 2 aromatic carbocycles. The Morgan fingerprint density at radius 3 is 2.67 bits per heavy atom. The average molecular weight is 326 g/mol. The van der Waals surface area contributed by atoms with Gasteiger partial charge in [0, 0.05) is 13.1 Å². The summed E-state index contributed by atoms with van der Waals surface area (Å²) in [6, 6.07) is 13.2. The number of rotatable bonds is 4. The number of urea groups is 1. The number of nitrogens with zero attached hydrogens (tertiary/aromatic N) is 1. The lowest BCUT2D eigenvalue weighted by Gasteiger charge is -2.18. The van der Waals surface area contributed by atoms with Crippen LogP contribution in [0.5, 0.6) is 0 Å². The number of nitrogens with one attached hydrogen (secondary N) is 1. The minimum absolute atomic E-state index is 0.0780. The first-order chi connectivity index (χ1) is 11.5. The molecule has 1 atom stereocenters. The normalized spacial score (nSPS) is 15.2. The van der Waals surface area contributed by atoms with E-state index in [0.717, 1.165) is 21.2 Å². The van der Waals surface area contributed by atoms with Crippen LogP contribution in [0.4, 0.5) is 4.79 Å². The Labute approximate surface area is 139 Å². The predicted octanol–water partition coefficient (Wildman–Crippen LogP) is 1.87. The third-order valence-electron chi connectivity index (χ3n) is 3.94. The lowest BCUT2D eigenvalue weighted by molar-refractivity contribution is -0.156. The van der Waals surface area contributed by atoms with Crippen LogP contribution in [0, 0.1) is 0 Å². The Hall–Kier alpha value is -2.89. The lowest BCUT2D eigenvalue weighted by atomic mass is 10.1. The highest BCUT2D eigenvalue weighted by Crippen LogP contribution is 2.16. The molecular weight excluding hydrogens is 308 g/mol. The van der Waals surface area contributed by atoms with E-state index in [2.05, 4.69) is 5.32 Å². The van der Waals surface area contributed by atoms with Gasteiger partial charge >= 0.3 is 12.0 Å². The quantitative estimate of drug-likeness (QED) is 0.870. The van der Waals surface area contributed by atoms with Gasteiger partial charge in [0.15, 0.2) is 6.10 Å². The smallest absolute Gasteiger partial charge is 0.324 e. The van der Waals surface area contributed by atoms with E-state index in [-0.39, 0.29) is 6.42 Å². The molecule has 3 rings (SSSR count). The number of esters is 1. The Bertz CT molecular complexity index is 802. The van der Waals surface area contributed by atoms with Crippen LogP contribution in [0.25, 0.3) is 10.8 Å². The van der Waals surface area contributed by atoms with Gasteiger partial charge in [0.05, 0.1) is 6.42 Å².